The standard InChI is InChI=1S/C15H18ClN3O2/c1-3-6-17-14-5-4-11(16)8-13(14)15(20)18-9-12-7-10(2)19-21-12/h4-5,7-8,17H,3,6,9H2,1-2H3,(H,18,20). The highest BCUT2D eigenvalue weighted by Crippen LogP contribution is 2.21. The number of carbonyl (C=O) groups excluding carboxylic acids is 1. The van der Waals surface area contributed by atoms with Gasteiger partial charge in [0, 0.05) is 23.3 Å². The van der Waals surface area contributed by atoms with Gasteiger partial charge in [-0.2, -0.15) is 0 Å². The van der Waals surface area contributed by atoms with Gasteiger partial charge in [-0.05, 0) is 31.5 Å². The predicted molar refractivity (Wildman–Crippen MR) is 82.6 cm³/mol. The topological polar surface area (TPSA) is 67.2 Å². The van der Waals surface area contributed by atoms with Crippen LogP contribution in [0.2, 0.25) is 5.02 Å². The van der Waals surface area contributed by atoms with Crippen molar-refractivity contribution in [1.29, 1.82) is 0 Å². The lowest BCUT2D eigenvalue weighted by molar-refractivity contribution is 0.0948. The molecule has 0 saturated heterocycles. The summed E-state index contributed by atoms with van der Waals surface area (Å²) < 4.78 is 5.06. The summed E-state index contributed by atoms with van der Waals surface area (Å²) in [4.78, 5) is 12.3. The molecule has 0 atom stereocenters. The molecule has 0 radical (unpaired) electrons. The van der Waals surface area contributed by atoms with Gasteiger partial charge in [0.1, 0.15) is 0 Å². The average Bonchev–Trinajstić information content (AvgIpc) is 2.89. The third kappa shape index (κ3) is 4.23. The monoisotopic (exact) mass is 307 g/mol. The second kappa shape index (κ2) is 7.13. The van der Waals surface area contributed by atoms with Crippen LogP contribution in [0.25, 0.3) is 0 Å². The molecule has 0 unspecified atom stereocenters. The summed E-state index contributed by atoms with van der Waals surface area (Å²) in [5, 5.41) is 10.3. The Bertz CT molecular complexity index is 625. The molecule has 0 spiro atoms. The number of hydrogen-bond donors (Lipinski definition) is 2. The highest BCUT2D eigenvalue weighted by molar-refractivity contribution is 6.31. The number of benzene rings is 1. The van der Waals surface area contributed by atoms with Crippen LogP contribution in [0.4, 0.5) is 5.69 Å². The van der Waals surface area contributed by atoms with Gasteiger partial charge in [0.05, 0.1) is 17.8 Å². The van der Waals surface area contributed by atoms with E-state index < -0.39 is 0 Å². The van der Waals surface area contributed by atoms with E-state index in [1.54, 1.807) is 18.2 Å². The van der Waals surface area contributed by atoms with E-state index in [0.29, 0.717) is 22.9 Å². The quantitative estimate of drug-likeness (QED) is 0.858. The van der Waals surface area contributed by atoms with Crippen molar-refractivity contribution in [3.63, 3.8) is 0 Å². The van der Waals surface area contributed by atoms with Crippen LogP contribution < -0.4 is 10.6 Å². The fourth-order valence-corrected chi connectivity index (χ4v) is 2.05. The summed E-state index contributed by atoms with van der Waals surface area (Å²) in [6.45, 7) is 4.98. The summed E-state index contributed by atoms with van der Waals surface area (Å²) in [5.41, 5.74) is 2.08. The third-order valence-electron chi connectivity index (χ3n) is 2.89. The van der Waals surface area contributed by atoms with Crippen molar-refractivity contribution < 1.29 is 9.32 Å². The Kier molecular flexibility index (Phi) is 5.22. The zero-order chi connectivity index (χ0) is 15.2. The molecule has 0 bridgehead atoms. The first-order valence-electron chi connectivity index (χ1n) is 6.84. The maximum absolute atomic E-state index is 12.3. The molecule has 0 aliphatic carbocycles. The summed E-state index contributed by atoms with van der Waals surface area (Å²) >= 11 is 5.98. The summed E-state index contributed by atoms with van der Waals surface area (Å²) in [5.74, 6) is 0.413. The molecule has 0 aliphatic heterocycles. The first-order valence-corrected chi connectivity index (χ1v) is 7.21. The van der Waals surface area contributed by atoms with Crippen molar-refractivity contribution in [2.24, 2.45) is 0 Å². The minimum Gasteiger partial charge on any atom is -0.384 e. The molecule has 0 aliphatic rings. The van der Waals surface area contributed by atoms with E-state index in [-0.39, 0.29) is 5.91 Å². The summed E-state index contributed by atoms with van der Waals surface area (Å²) in [6.07, 6.45) is 0.973. The lowest BCUT2D eigenvalue weighted by Gasteiger charge is -2.11. The number of rotatable bonds is 6. The van der Waals surface area contributed by atoms with Gasteiger partial charge in [-0.1, -0.05) is 23.7 Å². The Morgan fingerprint density at radius 2 is 2.19 bits per heavy atom. The van der Waals surface area contributed by atoms with Gasteiger partial charge >= 0.3 is 0 Å². The molecule has 21 heavy (non-hydrogen) atoms. The Morgan fingerprint density at radius 3 is 2.86 bits per heavy atom. The second-order valence-electron chi connectivity index (χ2n) is 4.73. The average molecular weight is 308 g/mol. The third-order valence-corrected chi connectivity index (χ3v) is 3.13. The molecule has 0 saturated carbocycles. The number of carbonyl (C=O) groups is 1. The number of hydrogen-bond acceptors (Lipinski definition) is 4. The Labute approximate surface area is 128 Å². The van der Waals surface area contributed by atoms with Gasteiger partial charge < -0.3 is 15.2 Å². The minimum atomic E-state index is -0.204. The van der Waals surface area contributed by atoms with Crippen LogP contribution in [0.5, 0.6) is 0 Å². The van der Waals surface area contributed by atoms with Crippen molar-refractivity contribution >= 4 is 23.2 Å². The number of aryl methyl sites for hydroxylation is 1. The van der Waals surface area contributed by atoms with Crippen LogP contribution >= 0.6 is 11.6 Å². The first-order chi connectivity index (χ1) is 10.1. The molecule has 2 N–H and O–H groups in total. The van der Waals surface area contributed by atoms with Gasteiger partial charge in [-0.25, -0.2) is 0 Å². The molecule has 1 aromatic carbocycles. The fraction of sp³-hybridized carbons (Fsp3) is 0.333. The molecule has 1 aromatic heterocycles. The maximum atomic E-state index is 12.3. The molecule has 0 fully saturated rings. The van der Waals surface area contributed by atoms with Crippen LogP contribution in [0.15, 0.2) is 28.8 Å². The normalized spacial score (nSPS) is 10.4. The van der Waals surface area contributed by atoms with Gasteiger partial charge in [-0.15, -0.1) is 0 Å². The number of nitrogens with zero attached hydrogens (tertiary/aromatic N) is 1. The Morgan fingerprint density at radius 1 is 1.38 bits per heavy atom. The lowest BCUT2D eigenvalue weighted by Crippen LogP contribution is -2.24. The van der Waals surface area contributed by atoms with Crippen molar-refractivity contribution in [1.82, 2.24) is 10.5 Å². The van der Waals surface area contributed by atoms with E-state index in [0.717, 1.165) is 24.3 Å². The van der Waals surface area contributed by atoms with Gasteiger partial charge in [-0.3, -0.25) is 4.79 Å². The molecular weight excluding hydrogens is 290 g/mol. The molecule has 2 aromatic rings. The second-order valence-corrected chi connectivity index (χ2v) is 5.17. The zero-order valence-electron chi connectivity index (χ0n) is 12.1. The Hall–Kier alpha value is -2.01. The minimum absolute atomic E-state index is 0.204. The molecule has 1 heterocycles. The molecule has 6 heteroatoms. The van der Waals surface area contributed by atoms with E-state index in [2.05, 4.69) is 22.7 Å². The highest BCUT2D eigenvalue weighted by atomic mass is 35.5. The van der Waals surface area contributed by atoms with E-state index in [1.165, 1.54) is 0 Å². The molecular formula is C15H18ClN3O2. The van der Waals surface area contributed by atoms with Gasteiger partial charge in [0.15, 0.2) is 5.76 Å². The lowest BCUT2D eigenvalue weighted by atomic mass is 10.1. The fourth-order valence-electron chi connectivity index (χ4n) is 1.88. The molecule has 112 valence electrons. The summed E-state index contributed by atoms with van der Waals surface area (Å²) in [6, 6.07) is 7.01. The highest BCUT2D eigenvalue weighted by Gasteiger charge is 2.12. The van der Waals surface area contributed by atoms with E-state index in [4.69, 9.17) is 16.1 Å². The summed E-state index contributed by atoms with van der Waals surface area (Å²) in [7, 11) is 0. The van der Waals surface area contributed by atoms with E-state index in [9.17, 15) is 4.79 Å². The van der Waals surface area contributed by atoms with E-state index in [1.807, 2.05) is 13.0 Å². The smallest absolute Gasteiger partial charge is 0.253 e. The van der Waals surface area contributed by atoms with Gasteiger partial charge in [0.2, 0.25) is 0 Å². The van der Waals surface area contributed by atoms with Crippen molar-refractivity contribution in [2.75, 3.05) is 11.9 Å². The zero-order valence-corrected chi connectivity index (χ0v) is 12.8. The number of amides is 1. The first kappa shape index (κ1) is 15.4. The largest absolute Gasteiger partial charge is 0.384 e. The van der Waals surface area contributed by atoms with Crippen molar-refractivity contribution in [2.45, 2.75) is 26.8 Å². The molecule has 2 rings (SSSR count). The molecule has 5 nitrogen and oxygen atoms in total. The number of nitrogens with one attached hydrogen (secondary N) is 2. The van der Waals surface area contributed by atoms with Gasteiger partial charge in [0.25, 0.3) is 5.91 Å². The van der Waals surface area contributed by atoms with Crippen molar-refractivity contribution in [3.8, 4) is 0 Å². The SMILES string of the molecule is CCCNc1ccc(Cl)cc1C(=O)NCc1cc(C)no1. The number of halogens is 1. The Balaban J connectivity index is 2.08. The number of aromatic nitrogens is 1. The molecule has 1 amide bonds. The predicted octanol–water partition coefficient (Wildman–Crippen LogP) is 3.39. The van der Waals surface area contributed by atoms with E-state index >= 15 is 0 Å². The van der Waals surface area contributed by atoms with Crippen LogP contribution in [0.1, 0.15) is 35.2 Å². The van der Waals surface area contributed by atoms with Crippen LogP contribution in [0, 0.1) is 6.92 Å². The number of anilines is 1. The van der Waals surface area contributed by atoms with Crippen molar-refractivity contribution in [3.05, 3.63) is 46.3 Å². The van der Waals surface area contributed by atoms with Crippen LogP contribution in [0.3, 0.4) is 0 Å². The van der Waals surface area contributed by atoms with Crippen LogP contribution in [-0.2, 0) is 6.54 Å². The van der Waals surface area contributed by atoms with Crippen LogP contribution in [-0.4, -0.2) is 17.6 Å². The maximum Gasteiger partial charge on any atom is 0.253 e.